The number of hydrogen-bond donors (Lipinski definition) is 0. The lowest BCUT2D eigenvalue weighted by Crippen LogP contribution is -2.21. The molecule has 2 atom stereocenters. The maximum absolute atomic E-state index is 5.36. The Hall–Kier alpha value is -0.0800. The average Bonchev–Trinajstić information content (AvgIpc) is 2.10. The van der Waals surface area contributed by atoms with Crippen LogP contribution in [0.15, 0.2) is 0 Å². The summed E-state index contributed by atoms with van der Waals surface area (Å²) in [5, 5.41) is 0. The average molecular weight is 173 g/mol. The van der Waals surface area contributed by atoms with Crippen LogP contribution in [0.2, 0.25) is 0 Å². The fourth-order valence-corrected chi connectivity index (χ4v) is 1.28. The first-order valence-electron chi connectivity index (χ1n) is 4.55. The van der Waals surface area contributed by atoms with E-state index in [4.69, 9.17) is 9.47 Å². The minimum absolute atomic E-state index is 0.352. The van der Waals surface area contributed by atoms with E-state index in [0.717, 1.165) is 19.4 Å². The molecule has 1 radical (unpaired) electrons. The standard InChI is InChI=1S/C10H21O2/c1-5-6-10(12-4)9(2)7-8-11-3/h5,9-10H,6-8H2,1-4H3/t9?,10-/m0/s1. The highest BCUT2D eigenvalue weighted by Gasteiger charge is 2.14. The first-order valence-corrected chi connectivity index (χ1v) is 4.55. The number of rotatable bonds is 7. The smallest absolute Gasteiger partial charge is 0.0600 e. The molecular formula is C10H21O2. The lowest BCUT2D eigenvalue weighted by atomic mass is 9.97. The Morgan fingerprint density at radius 3 is 2.42 bits per heavy atom. The molecule has 0 amide bonds. The quantitative estimate of drug-likeness (QED) is 0.588. The Kier molecular flexibility index (Phi) is 7.51. The van der Waals surface area contributed by atoms with E-state index >= 15 is 0 Å². The fourth-order valence-electron chi connectivity index (χ4n) is 1.28. The van der Waals surface area contributed by atoms with Gasteiger partial charge in [0.1, 0.15) is 0 Å². The van der Waals surface area contributed by atoms with Gasteiger partial charge >= 0.3 is 0 Å². The normalized spacial score (nSPS) is 16.0. The largest absolute Gasteiger partial charge is 0.385 e. The van der Waals surface area contributed by atoms with Crippen LogP contribution in [0.25, 0.3) is 0 Å². The highest BCUT2D eigenvalue weighted by atomic mass is 16.5. The fraction of sp³-hybridized carbons (Fsp3) is 0.900. The van der Waals surface area contributed by atoms with Gasteiger partial charge in [0.15, 0.2) is 0 Å². The molecule has 0 aliphatic rings. The Morgan fingerprint density at radius 1 is 1.33 bits per heavy atom. The third-order valence-corrected chi connectivity index (χ3v) is 2.18. The summed E-state index contributed by atoms with van der Waals surface area (Å²) in [5.41, 5.74) is 0. The summed E-state index contributed by atoms with van der Waals surface area (Å²) in [6.45, 7) is 5.09. The number of ether oxygens (including phenoxy) is 2. The maximum atomic E-state index is 5.36. The molecule has 2 nitrogen and oxygen atoms in total. The molecule has 0 rings (SSSR count). The molecule has 1 unspecified atom stereocenters. The molecule has 0 aromatic rings. The molecule has 73 valence electrons. The van der Waals surface area contributed by atoms with Crippen molar-refractivity contribution in [1.82, 2.24) is 0 Å². The molecule has 12 heavy (non-hydrogen) atoms. The van der Waals surface area contributed by atoms with E-state index in [2.05, 4.69) is 20.3 Å². The van der Waals surface area contributed by atoms with E-state index < -0.39 is 0 Å². The van der Waals surface area contributed by atoms with Crippen molar-refractivity contribution in [2.24, 2.45) is 5.92 Å². The number of methoxy groups -OCH3 is 2. The molecule has 0 aliphatic heterocycles. The third kappa shape index (κ3) is 4.73. The molecule has 0 saturated heterocycles. The summed E-state index contributed by atoms with van der Waals surface area (Å²) in [4.78, 5) is 0. The van der Waals surface area contributed by atoms with Crippen LogP contribution in [0.4, 0.5) is 0 Å². The van der Waals surface area contributed by atoms with E-state index in [0.29, 0.717) is 12.0 Å². The third-order valence-electron chi connectivity index (χ3n) is 2.18. The minimum atomic E-state index is 0.352. The first kappa shape index (κ1) is 11.9. The molecule has 0 spiro atoms. The van der Waals surface area contributed by atoms with Gasteiger partial charge in [0.05, 0.1) is 6.10 Å². The zero-order chi connectivity index (χ0) is 9.40. The topological polar surface area (TPSA) is 18.5 Å². The molecule has 2 heteroatoms. The minimum Gasteiger partial charge on any atom is -0.385 e. The van der Waals surface area contributed by atoms with Crippen molar-refractivity contribution in [2.75, 3.05) is 20.8 Å². The van der Waals surface area contributed by atoms with Gasteiger partial charge in [0.25, 0.3) is 0 Å². The lowest BCUT2D eigenvalue weighted by molar-refractivity contribution is 0.0437. The SMILES string of the molecule is C[CH]C[C@H](OC)C(C)CCOC. The van der Waals surface area contributed by atoms with Crippen molar-refractivity contribution in [3.63, 3.8) is 0 Å². The summed E-state index contributed by atoms with van der Waals surface area (Å²) in [5.74, 6) is 0.575. The van der Waals surface area contributed by atoms with Crippen LogP contribution in [-0.2, 0) is 9.47 Å². The van der Waals surface area contributed by atoms with Crippen LogP contribution >= 0.6 is 0 Å². The zero-order valence-electron chi connectivity index (χ0n) is 8.67. The Morgan fingerprint density at radius 2 is 2.00 bits per heavy atom. The molecule has 0 fully saturated rings. The highest BCUT2D eigenvalue weighted by Crippen LogP contribution is 2.15. The van der Waals surface area contributed by atoms with Gasteiger partial charge in [-0.25, -0.2) is 0 Å². The predicted octanol–water partition coefficient (Wildman–Crippen LogP) is 2.29. The molecular weight excluding hydrogens is 152 g/mol. The van der Waals surface area contributed by atoms with E-state index in [1.54, 1.807) is 14.2 Å². The highest BCUT2D eigenvalue weighted by molar-refractivity contribution is 4.71. The zero-order valence-corrected chi connectivity index (χ0v) is 8.67. The van der Waals surface area contributed by atoms with E-state index in [-0.39, 0.29) is 0 Å². The van der Waals surface area contributed by atoms with Crippen molar-refractivity contribution in [1.29, 1.82) is 0 Å². The van der Waals surface area contributed by atoms with Crippen LogP contribution in [0.1, 0.15) is 26.7 Å². The van der Waals surface area contributed by atoms with E-state index in [9.17, 15) is 0 Å². The van der Waals surface area contributed by atoms with Gasteiger partial charge in [0, 0.05) is 20.8 Å². The number of hydrogen-bond acceptors (Lipinski definition) is 2. The van der Waals surface area contributed by atoms with Gasteiger partial charge in [-0.3, -0.25) is 0 Å². The summed E-state index contributed by atoms with van der Waals surface area (Å²) < 4.78 is 10.4. The Balaban J connectivity index is 3.60. The van der Waals surface area contributed by atoms with Crippen LogP contribution < -0.4 is 0 Å². The molecule has 0 saturated carbocycles. The Bertz CT molecular complexity index is 93.8. The van der Waals surface area contributed by atoms with E-state index in [1.807, 2.05) is 0 Å². The summed E-state index contributed by atoms with van der Waals surface area (Å²) in [6, 6.07) is 0. The van der Waals surface area contributed by atoms with Crippen LogP contribution in [0.5, 0.6) is 0 Å². The van der Waals surface area contributed by atoms with Crippen LogP contribution in [0.3, 0.4) is 0 Å². The molecule has 0 N–H and O–H groups in total. The van der Waals surface area contributed by atoms with Crippen LogP contribution in [0, 0.1) is 12.3 Å². The lowest BCUT2D eigenvalue weighted by Gasteiger charge is -2.21. The Labute approximate surface area is 76.3 Å². The van der Waals surface area contributed by atoms with Gasteiger partial charge in [-0.15, -0.1) is 0 Å². The molecule has 0 aromatic heterocycles. The van der Waals surface area contributed by atoms with Crippen LogP contribution in [-0.4, -0.2) is 26.9 Å². The first-order chi connectivity index (χ1) is 5.76. The van der Waals surface area contributed by atoms with Crippen molar-refractivity contribution in [2.45, 2.75) is 32.8 Å². The summed E-state index contributed by atoms with van der Waals surface area (Å²) in [6.07, 6.45) is 4.60. The monoisotopic (exact) mass is 173 g/mol. The second-order valence-electron chi connectivity index (χ2n) is 3.18. The summed E-state index contributed by atoms with van der Waals surface area (Å²) in [7, 11) is 3.51. The van der Waals surface area contributed by atoms with Crippen molar-refractivity contribution < 1.29 is 9.47 Å². The van der Waals surface area contributed by atoms with E-state index in [1.165, 1.54) is 0 Å². The molecule has 0 bridgehead atoms. The van der Waals surface area contributed by atoms with Gasteiger partial charge in [-0.1, -0.05) is 13.8 Å². The predicted molar refractivity (Wildman–Crippen MR) is 51.0 cm³/mol. The van der Waals surface area contributed by atoms with Crippen molar-refractivity contribution in [3.8, 4) is 0 Å². The molecule has 0 heterocycles. The molecule has 0 aliphatic carbocycles. The van der Waals surface area contributed by atoms with Crippen molar-refractivity contribution >= 4 is 0 Å². The van der Waals surface area contributed by atoms with Gasteiger partial charge in [-0.05, 0) is 25.2 Å². The molecule has 0 aromatic carbocycles. The van der Waals surface area contributed by atoms with Gasteiger partial charge < -0.3 is 9.47 Å². The maximum Gasteiger partial charge on any atom is 0.0600 e. The van der Waals surface area contributed by atoms with Gasteiger partial charge in [-0.2, -0.15) is 0 Å². The van der Waals surface area contributed by atoms with Gasteiger partial charge in [0.2, 0.25) is 0 Å². The summed E-state index contributed by atoms with van der Waals surface area (Å²) >= 11 is 0. The second-order valence-corrected chi connectivity index (χ2v) is 3.18. The second kappa shape index (κ2) is 7.56. The van der Waals surface area contributed by atoms with Crippen molar-refractivity contribution in [3.05, 3.63) is 6.42 Å².